The molecule has 0 aromatic heterocycles. The number of nitrogens with one attached hydrogen (secondary N) is 2. The van der Waals surface area contributed by atoms with E-state index in [-0.39, 0.29) is 36.6 Å². The van der Waals surface area contributed by atoms with E-state index >= 15 is 0 Å². The summed E-state index contributed by atoms with van der Waals surface area (Å²) in [6, 6.07) is 13.4. The van der Waals surface area contributed by atoms with E-state index in [0.29, 0.717) is 12.8 Å². The van der Waals surface area contributed by atoms with Crippen molar-refractivity contribution in [1.82, 2.24) is 4.90 Å². The van der Waals surface area contributed by atoms with E-state index in [1.165, 1.54) is 4.90 Å². The van der Waals surface area contributed by atoms with Gasteiger partial charge in [-0.15, -0.1) is 0 Å². The number of para-hydroxylation sites is 1. The highest BCUT2D eigenvalue weighted by molar-refractivity contribution is 5.97. The van der Waals surface area contributed by atoms with Gasteiger partial charge in [0.15, 0.2) is 0 Å². The minimum absolute atomic E-state index is 0.0219. The number of likely N-dealkylation sites (N-methyl/N-ethyl adjacent to an activating group) is 1. The van der Waals surface area contributed by atoms with Crippen molar-refractivity contribution in [3.05, 3.63) is 59.2 Å². The van der Waals surface area contributed by atoms with Crippen LogP contribution in [0.5, 0.6) is 0 Å². The Morgan fingerprint density at radius 3 is 2.69 bits per heavy atom. The van der Waals surface area contributed by atoms with Crippen LogP contribution in [0, 0.1) is 19.8 Å². The van der Waals surface area contributed by atoms with Gasteiger partial charge in [0.25, 0.3) is 0 Å². The Morgan fingerprint density at radius 2 is 1.90 bits per heavy atom. The molecule has 2 aromatic rings. The molecule has 0 saturated heterocycles. The van der Waals surface area contributed by atoms with Gasteiger partial charge in [0, 0.05) is 30.8 Å². The summed E-state index contributed by atoms with van der Waals surface area (Å²) < 4.78 is 0. The van der Waals surface area contributed by atoms with Gasteiger partial charge in [-0.25, -0.2) is 0 Å². The molecular formula is C23H27N3O3. The molecule has 1 unspecified atom stereocenters. The second kappa shape index (κ2) is 8.90. The number of hydrogen-bond donors (Lipinski definition) is 2. The second-order valence-corrected chi connectivity index (χ2v) is 7.63. The molecule has 1 aliphatic rings. The van der Waals surface area contributed by atoms with E-state index in [0.717, 1.165) is 28.1 Å². The Labute approximate surface area is 171 Å². The Hall–Kier alpha value is -3.15. The molecule has 0 bridgehead atoms. The number of benzene rings is 2. The maximum absolute atomic E-state index is 12.5. The lowest BCUT2D eigenvalue weighted by Gasteiger charge is -2.25. The first-order chi connectivity index (χ1) is 13.8. The van der Waals surface area contributed by atoms with Gasteiger partial charge in [-0.05, 0) is 55.5 Å². The molecule has 3 amide bonds. The summed E-state index contributed by atoms with van der Waals surface area (Å²) in [7, 11) is 1.61. The topological polar surface area (TPSA) is 78.5 Å². The lowest BCUT2D eigenvalue weighted by Crippen LogP contribution is -2.36. The fraction of sp³-hybridized carbons (Fsp3) is 0.348. The van der Waals surface area contributed by atoms with Crippen molar-refractivity contribution < 1.29 is 14.4 Å². The molecule has 152 valence electrons. The summed E-state index contributed by atoms with van der Waals surface area (Å²) in [5.74, 6) is -0.663. The molecule has 1 aliphatic heterocycles. The minimum Gasteiger partial charge on any atom is -0.336 e. The third-order valence-corrected chi connectivity index (χ3v) is 5.50. The van der Waals surface area contributed by atoms with Crippen LogP contribution in [-0.4, -0.2) is 36.2 Å². The minimum atomic E-state index is -0.237. The van der Waals surface area contributed by atoms with Gasteiger partial charge < -0.3 is 15.5 Å². The zero-order chi connectivity index (χ0) is 21.0. The number of carbonyl (C=O) groups is 3. The fourth-order valence-electron chi connectivity index (χ4n) is 3.51. The Kier molecular flexibility index (Phi) is 6.32. The average Bonchev–Trinajstić information content (AvgIpc) is 2.69. The summed E-state index contributed by atoms with van der Waals surface area (Å²) in [5, 5.41) is 5.77. The summed E-state index contributed by atoms with van der Waals surface area (Å²) in [4.78, 5) is 38.5. The van der Waals surface area contributed by atoms with Crippen LogP contribution in [-0.2, 0) is 20.8 Å². The van der Waals surface area contributed by atoms with E-state index in [9.17, 15) is 14.4 Å². The van der Waals surface area contributed by atoms with Crippen LogP contribution in [0.1, 0.15) is 29.5 Å². The highest BCUT2D eigenvalue weighted by Crippen LogP contribution is 2.27. The highest BCUT2D eigenvalue weighted by atomic mass is 16.2. The molecule has 1 heterocycles. The number of nitrogens with zero attached hydrogens (tertiary/aromatic N) is 1. The van der Waals surface area contributed by atoms with Crippen molar-refractivity contribution in [2.75, 3.05) is 24.2 Å². The van der Waals surface area contributed by atoms with Gasteiger partial charge in [-0.2, -0.15) is 0 Å². The van der Waals surface area contributed by atoms with Gasteiger partial charge in [0.05, 0.1) is 6.54 Å². The number of hydrogen-bond acceptors (Lipinski definition) is 3. The van der Waals surface area contributed by atoms with E-state index in [1.54, 1.807) is 7.05 Å². The van der Waals surface area contributed by atoms with Gasteiger partial charge in [0.1, 0.15) is 0 Å². The maximum atomic E-state index is 12.5. The molecule has 2 N–H and O–H groups in total. The standard InChI is InChI=1S/C23H27N3O3/c1-15-7-6-10-19(16(15)2)24-21(27)14-26(3)22(28)12-11-18-13-17-8-4-5-9-20(17)25-23(18)29/h4-10,18H,11-14H2,1-3H3,(H,24,27)(H,25,29). The molecule has 0 spiro atoms. The molecule has 3 rings (SSSR count). The molecule has 2 aromatic carbocycles. The van der Waals surface area contributed by atoms with Gasteiger partial charge in [-0.1, -0.05) is 30.3 Å². The van der Waals surface area contributed by atoms with Crippen molar-refractivity contribution in [3.63, 3.8) is 0 Å². The van der Waals surface area contributed by atoms with Gasteiger partial charge in [-0.3, -0.25) is 14.4 Å². The smallest absolute Gasteiger partial charge is 0.243 e. The number of rotatable bonds is 6. The first kappa shape index (κ1) is 20.6. The van der Waals surface area contributed by atoms with Crippen LogP contribution in [0.2, 0.25) is 0 Å². The lowest BCUT2D eigenvalue weighted by molar-refractivity contribution is -0.133. The Balaban J connectivity index is 1.50. The third-order valence-electron chi connectivity index (χ3n) is 5.50. The van der Waals surface area contributed by atoms with E-state index in [1.807, 2.05) is 56.3 Å². The van der Waals surface area contributed by atoms with E-state index < -0.39 is 0 Å². The number of anilines is 2. The zero-order valence-electron chi connectivity index (χ0n) is 17.1. The van der Waals surface area contributed by atoms with Crippen LogP contribution in [0.15, 0.2) is 42.5 Å². The monoisotopic (exact) mass is 393 g/mol. The average molecular weight is 393 g/mol. The second-order valence-electron chi connectivity index (χ2n) is 7.63. The van der Waals surface area contributed by atoms with Crippen molar-refractivity contribution in [2.45, 2.75) is 33.1 Å². The van der Waals surface area contributed by atoms with Crippen molar-refractivity contribution in [1.29, 1.82) is 0 Å². The normalized spacial score (nSPS) is 15.3. The maximum Gasteiger partial charge on any atom is 0.243 e. The molecule has 29 heavy (non-hydrogen) atoms. The van der Waals surface area contributed by atoms with E-state index in [2.05, 4.69) is 10.6 Å². The van der Waals surface area contributed by atoms with Crippen molar-refractivity contribution >= 4 is 29.1 Å². The Bertz CT molecular complexity index is 939. The van der Waals surface area contributed by atoms with E-state index in [4.69, 9.17) is 0 Å². The van der Waals surface area contributed by atoms with Gasteiger partial charge in [0.2, 0.25) is 17.7 Å². The number of aryl methyl sites for hydroxylation is 1. The first-order valence-corrected chi connectivity index (χ1v) is 9.84. The predicted octanol–water partition coefficient (Wildman–Crippen LogP) is 3.29. The number of fused-ring (bicyclic) bond motifs is 1. The SMILES string of the molecule is Cc1cccc(NC(=O)CN(C)C(=O)CCC2Cc3ccccc3NC2=O)c1C. The highest BCUT2D eigenvalue weighted by Gasteiger charge is 2.27. The summed E-state index contributed by atoms with van der Waals surface area (Å²) in [6.45, 7) is 3.92. The first-order valence-electron chi connectivity index (χ1n) is 9.84. The quantitative estimate of drug-likeness (QED) is 0.790. The molecule has 0 radical (unpaired) electrons. The molecule has 6 heteroatoms. The summed E-state index contributed by atoms with van der Waals surface area (Å²) in [5.41, 5.74) is 4.80. The van der Waals surface area contributed by atoms with Crippen LogP contribution in [0.3, 0.4) is 0 Å². The van der Waals surface area contributed by atoms with Crippen LogP contribution < -0.4 is 10.6 Å². The summed E-state index contributed by atoms with van der Waals surface area (Å²) in [6.07, 6.45) is 1.32. The molecule has 6 nitrogen and oxygen atoms in total. The lowest BCUT2D eigenvalue weighted by atomic mass is 9.89. The number of carbonyl (C=O) groups excluding carboxylic acids is 3. The third kappa shape index (κ3) is 5.02. The molecule has 0 aliphatic carbocycles. The zero-order valence-corrected chi connectivity index (χ0v) is 17.1. The van der Waals surface area contributed by atoms with Crippen LogP contribution in [0.4, 0.5) is 11.4 Å². The number of amides is 3. The molecule has 0 saturated carbocycles. The largest absolute Gasteiger partial charge is 0.336 e. The van der Waals surface area contributed by atoms with Gasteiger partial charge >= 0.3 is 0 Å². The van der Waals surface area contributed by atoms with Crippen LogP contribution in [0.25, 0.3) is 0 Å². The fourth-order valence-corrected chi connectivity index (χ4v) is 3.51. The summed E-state index contributed by atoms with van der Waals surface area (Å²) >= 11 is 0. The van der Waals surface area contributed by atoms with Crippen molar-refractivity contribution in [3.8, 4) is 0 Å². The van der Waals surface area contributed by atoms with Crippen LogP contribution >= 0.6 is 0 Å². The molecule has 1 atom stereocenters. The molecule has 0 fully saturated rings. The Morgan fingerprint density at radius 1 is 1.14 bits per heavy atom. The predicted molar refractivity (Wildman–Crippen MR) is 114 cm³/mol. The molecular weight excluding hydrogens is 366 g/mol. The van der Waals surface area contributed by atoms with Crippen molar-refractivity contribution in [2.24, 2.45) is 5.92 Å².